The molecule has 3 nitrogen and oxygen atoms in total. The molecule has 0 aromatic heterocycles. The first-order valence-corrected chi connectivity index (χ1v) is 13.7. The molecule has 0 heterocycles. The molecule has 198 valence electrons. The fraction of sp³-hybridized carbons (Fsp3) is 1.00. The highest BCUT2D eigenvalue weighted by Crippen LogP contribution is 2.71. The van der Waals surface area contributed by atoms with E-state index in [0.717, 1.165) is 44.9 Å². The van der Waals surface area contributed by atoms with Gasteiger partial charge in [-0.1, -0.05) is 33.6 Å². The smallest absolute Gasteiger partial charge is 0.393 e. The van der Waals surface area contributed by atoms with Crippen molar-refractivity contribution in [1.29, 1.82) is 0 Å². The molecule has 0 amide bonds. The molecule has 0 radical (unpaired) electrons. The van der Waals surface area contributed by atoms with E-state index in [2.05, 4.69) is 13.8 Å². The Morgan fingerprint density at radius 3 is 2.21 bits per heavy atom. The summed E-state index contributed by atoms with van der Waals surface area (Å²) < 4.78 is 43.4. The minimum absolute atomic E-state index is 0.0131. The van der Waals surface area contributed by atoms with E-state index >= 15 is 0 Å². The normalized spacial score (nSPS) is 48.1. The maximum atomic E-state index is 14.5. The molecule has 0 aromatic rings. The van der Waals surface area contributed by atoms with Crippen molar-refractivity contribution in [3.63, 3.8) is 0 Å². The molecule has 4 aliphatic rings. The Labute approximate surface area is 203 Å². The second kappa shape index (κ2) is 8.62. The average Bonchev–Trinajstić information content (AvgIpc) is 3.05. The molecule has 34 heavy (non-hydrogen) atoms. The second-order valence-electron chi connectivity index (χ2n) is 13.9. The van der Waals surface area contributed by atoms with Gasteiger partial charge < -0.3 is 15.3 Å². The van der Waals surface area contributed by atoms with Crippen LogP contribution in [0.1, 0.15) is 105 Å². The number of aliphatic hydroxyl groups excluding tert-OH is 1. The van der Waals surface area contributed by atoms with Crippen LogP contribution in [0.25, 0.3) is 0 Å². The third kappa shape index (κ3) is 4.26. The van der Waals surface area contributed by atoms with Crippen molar-refractivity contribution in [3.05, 3.63) is 0 Å². The van der Waals surface area contributed by atoms with Gasteiger partial charge in [-0.05, 0) is 112 Å². The SMILES string of the molecule is C[C@H](CCCC(C)(C)O)[C@H]1CC[C@H]2[C@@H]3CC(O)(C(F)(F)F)[C@H]4C[C@@H](O)CC[C@]4(C)[C@H]3CC[C@]12C. The summed E-state index contributed by atoms with van der Waals surface area (Å²) >= 11 is 0. The fourth-order valence-electron chi connectivity index (χ4n) is 9.73. The Kier molecular flexibility index (Phi) is 6.77. The predicted octanol–water partition coefficient (Wildman–Crippen LogP) is 6.49. The Morgan fingerprint density at radius 1 is 0.971 bits per heavy atom. The number of alkyl halides is 3. The number of hydrogen-bond acceptors (Lipinski definition) is 3. The van der Waals surface area contributed by atoms with E-state index in [4.69, 9.17) is 0 Å². The van der Waals surface area contributed by atoms with Crippen LogP contribution < -0.4 is 0 Å². The zero-order valence-corrected chi connectivity index (χ0v) is 21.8. The summed E-state index contributed by atoms with van der Waals surface area (Å²) in [6.45, 7) is 10.3. The van der Waals surface area contributed by atoms with Crippen LogP contribution in [0.2, 0.25) is 0 Å². The lowest BCUT2D eigenvalue weighted by atomic mass is 9.41. The van der Waals surface area contributed by atoms with Crippen LogP contribution in [0.5, 0.6) is 0 Å². The molecule has 0 saturated heterocycles. The first-order chi connectivity index (χ1) is 15.5. The number of hydrogen-bond donors (Lipinski definition) is 3. The van der Waals surface area contributed by atoms with Gasteiger partial charge in [0.1, 0.15) is 0 Å². The van der Waals surface area contributed by atoms with E-state index in [0.29, 0.717) is 24.7 Å². The zero-order chi connectivity index (χ0) is 25.3. The second-order valence-corrected chi connectivity index (χ2v) is 13.9. The number of rotatable bonds is 5. The molecular formula is C28H47F3O3. The van der Waals surface area contributed by atoms with Crippen molar-refractivity contribution in [1.82, 2.24) is 0 Å². The first kappa shape index (κ1) is 26.7. The Balaban J connectivity index is 1.59. The fourth-order valence-corrected chi connectivity index (χ4v) is 9.73. The van der Waals surface area contributed by atoms with Crippen molar-refractivity contribution >= 4 is 0 Å². The molecule has 1 unspecified atom stereocenters. The van der Waals surface area contributed by atoms with Gasteiger partial charge in [0, 0.05) is 5.92 Å². The number of halogens is 3. The van der Waals surface area contributed by atoms with Gasteiger partial charge >= 0.3 is 6.18 Å². The van der Waals surface area contributed by atoms with Gasteiger partial charge in [0.15, 0.2) is 5.60 Å². The Morgan fingerprint density at radius 2 is 1.59 bits per heavy atom. The topological polar surface area (TPSA) is 60.7 Å². The Bertz CT molecular complexity index is 748. The maximum Gasteiger partial charge on any atom is 0.417 e. The third-order valence-electron chi connectivity index (χ3n) is 11.4. The van der Waals surface area contributed by atoms with Crippen molar-refractivity contribution < 1.29 is 28.5 Å². The summed E-state index contributed by atoms with van der Waals surface area (Å²) in [7, 11) is 0. The van der Waals surface area contributed by atoms with Gasteiger partial charge in [0.25, 0.3) is 0 Å². The lowest BCUT2D eigenvalue weighted by Gasteiger charge is -2.65. The summed E-state index contributed by atoms with van der Waals surface area (Å²) in [5, 5.41) is 31.7. The van der Waals surface area contributed by atoms with Gasteiger partial charge in [-0.3, -0.25) is 0 Å². The molecule has 6 heteroatoms. The van der Waals surface area contributed by atoms with Crippen molar-refractivity contribution in [2.24, 2.45) is 46.3 Å². The molecule has 4 fully saturated rings. The Hall–Kier alpha value is -0.330. The highest BCUT2D eigenvalue weighted by Gasteiger charge is 2.72. The monoisotopic (exact) mass is 488 g/mol. The largest absolute Gasteiger partial charge is 0.417 e. The van der Waals surface area contributed by atoms with Crippen molar-refractivity contribution in [2.75, 3.05) is 0 Å². The third-order valence-corrected chi connectivity index (χ3v) is 11.4. The molecule has 0 aliphatic heterocycles. The summed E-state index contributed by atoms with van der Waals surface area (Å²) in [6.07, 6.45) is 2.27. The van der Waals surface area contributed by atoms with Crippen LogP contribution in [0, 0.1) is 46.3 Å². The average molecular weight is 489 g/mol. The number of aliphatic hydroxyl groups is 3. The summed E-state index contributed by atoms with van der Waals surface area (Å²) in [5.74, 6) is 0.328. The molecule has 3 N–H and O–H groups in total. The van der Waals surface area contributed by atoms with Gasteiger partial charge in [-0.2, -0.15) is 13.2 Å². The molecule has 0 bridgehead atoms. The minimum Gasteiger partial charge on any atom is -0.393 e. The van der Waals surface area contributed by atoms with Gasteiger partial charge in [0.2, 0.25) is 0 Å². The van der Waals surface area contributed by atoms with E-state index in [1.807, 2.05) is 20.8 Å². The summed E-state index contributed by atoms with van der Waals surface area (Å²) in [4.78, 5) is 0. The molecule has 0 aromatic carbocycles. The van der Waals surface area contributed by atoms with Gasteiger partial charge in [-0.15, -0.1) is 0 Å². The highest BCUT2D eigenvalue weighted by atomic mass is 19.4. The lowest BCUT2D eigenvalue weighted by Crippen LogP contribution is -2.67. The van der Waals surface area contributed by atoms with Crippen LogP contribution in [-0.4, -0.2) is 38.8 Å². The predicted molar refractivity (Wildman–Crippen MR) is 127 cm³/mol. The maximum absolute atomic E-state index is 14.5. The molecule has 4 aliphatic carbocycles. The first-order valence-electron chi connectivity index (χ1n) is 13.7. The van der Waals surface area contributed by atoms with Gasteiger partial charge in [0.05, 0.1) is 11.7 Å². The quantitative estimate of drug-likeness (QED) is 0.415. The van der Waals surface area contributed by atoms with E-state index in [1.54, 1.807) is 0 Å². The molecule has 4 rings (SSSR count). The van der Waals surface area contributed by atoms with Crippen molar-refractivity contribution in [2.45, 2.75) is 129 Å². The van der Waals surface area contributed by atoms with E-state index in [1.165, 1.54) is 0 Å². The molecular weight excluding hydrogens is 441 g/mol. The van der Waals surface area contributed by atoms with Crippen LogP contribution >= 0.6 is 0 Å². The van der Waals surface area contributed by atoms with Crippen LogP contribution in [0.4, 0.5) is 13.2 Å². The lowest BCUT2D eigenvalue weighted by molar-refractivity contribution is -0.334. The van der Waals surface area contributed by atoms with E-state index in [9.17, 15) is 28.5 Å². The highest BCUT2D eigenvalue weighted by molar-refractivity contribution is 5.16. The molecule has 10 atom stereocenters. The minimum atomic E-state index is -4.68. The van der Waals surface area contributed by atoms with Crippen LogP contribution in [0.15, 0.2) is 0 Å². The zero-order valence-electron chi connectivity index (χ0n) is 21.8. The van der Waals surface area contributed by atoms with Crippen LogP contribution in [-0.2, 0) is 0 Å². The summed E-state index contributed by atoms with van der Waals surface area (Å²) in [5.41, 5.74) is -3.94. The standard InChI is InChI=1S/C28H47F3O3/c1-17(7-6-12-24(2,3)33)20-8-9-21-19-16-27(34,28(29,30)31)23-15-18(32)10-13-26(23,5)22(19)11-14-25(20,21)4/h17-23,32-34H,6-16H2,1-5H3/t17-,18+,19+,20-,21+,22+,23+,25-,26-,27?/m1/s1. The summed E-state index contributed by atoms with van der Waals surface area (Å²) in [6, 6.07) is 0. The van der Waals surface area contributed by atoms with Gasteiger partial charge in [-0.25, -0.2) is 0 Å². The van der Waals surface area contributed by atoms with E-state index in [-0.39, 0.29) is 36.0 Å². The van der Waals surface area contributed by atoms with Crippen LogP contribution in [0.3, 0.4) is 0 Å². The molecule has 4 saturated carbocycles. The number of fused-ring (bicyclic) bond motifs is 5. The molecule has 0 spiro atoms. The van der Waals surface area contributed by atoms with Crippen molar-refractivity contribution in [3.8, 4) is 0 Å². The van der Waals surface area contributed by atoms with E-state index < -0.39 is 34.8 Å².